The first-order chi connectivity index (χ1) is 13.5. The maximum absolute atomic E-state index is 14.5. The van der Waals surface area contributed by atoms with E-state index in [4.69, 9.17) is 23.2 Å². The molecule has 0 radical (unpaired) electrons. The number of pyridine rings is 1. The first-order valence-corrected chi connectivity index (χ1v) is 9.29. The summed E-state index contributed by atoms with van der Waals surface area (Å²) in [6.45, 7) is -0.380. The molecule has 1 aromatic heterocycles. The number of hydrogen-bond acceptors (Lipinski definition) is 3. The minimum atomic E-state index is -0.898. The van der Waals surface area contributed by atoms with Crippen LogP contribution in [0.5, 0.6) is 0 Å². The van der Waals surface area contributed by atoms with E-state index in [0.717, 1.165) is 0 Å². The Hall–Kier alpha value is -2.47. The molecule has 0 saturated heterocycles. The highest BCUT2D eigenvalue weighted by Gasteiger charge is 2.30. The number of aliphatic hydroxyl groups is 1. The van der Waals surface area contributed by atoms with Crippen molar-refractivity contribution in [3.63, 3.8) is 0 Å². The maximum Gasteiger partial charge on any atom is 0.251 e. The normalized spacial score (nSPS) is 13.0. The molecule has 2 unspecified atom stereocenters. The van der Waals surface area contributed by atoms with Gasteiger partial charge in [-0.2, -0.15) is 4.39 Å². The van der Waals surface area contributed by atoms with Crippen molar-refractivity contribution in [2.75, 3.05) is 6.61 Å². The fourth-order valence-electron chi connectivity index (χ4n) is 3.03. The van der Waals surface area contributed by atoms with Crippen LogP contribution >= 0.6 is 23.2 Å². The molecular weight excluding hydrogens is 402 g/mol. The molecule has 0 fully saturated rings. The number of carbonyl (C=O) groups excluding carboxylic acids is 1. The fourth-order valence-corrected chi connectivity index (χ4v) is 3.57. The van der Waals surface area contributed by atoms with Crippen LogP contribution in [0, 0.1) is 5.95 Å². The monoisotopic (exact) mass is 418 g/mol. The summed E-state index contributed by atoms with van der Waals surface area (Å²) < 4.78 is 14.5. The number of amides is 1. The Morgan fingerprint density at radius 3 is 2.46 bits per heavy atom. The van der Waals surface area contributed by atoms with Crippen molar-refractivity contribution in [3.8, 4) is 0 Å². The lowest BCUT2D eigenvalue weighted by Gasteiger charge is -2.28. The van der Waals surface area contributed by atoms with Gasteiger partial charge in [-0.05, 0) is 35.9 Å². The third-order valence-corrected chi connectivity index (χ3v) is 4.97. The lowest BCUT2D eigenvalue weighted by molar-refractivity contribution is 0.0921. The molecule has 2 N–H and O–H groups in total. The summed E-state index contributed by atoms with van der Waals surface area (Å²) in [5, 5.41) is 13.7. The molecule has 0 saturated carbocycles. The average Bonchev–Trinajstić information content (AvgIpc) is 2.70. The van der Waals surface area contributed by atoms with Crippen molar-refractivity contribution in [2.24, 2.45) is 0 Å². The summed E-state index contributed by atoms with van der Waals surface area (Å²) in [7, 11) is 0. The number of benzene rings is 2. The zero-order chi connectivity index (χ0) is 20.1. The zero-order valence-corrected chi connectivity index (χ0v) is 16.2. The van der Waals surface area contributed by atoms with Crippen LogP contribution in [0.15, 0.2) is 66.9 Å². The highest BCUT2D eigenvalue weighted by atomic mass is 35.5. The van der Waals surface area contributed by atoms with Gasteiger partial charge in [-0.1, -0.05) is 53.5 Å². The smallest absolute Gasteiger partial charge is 0.251 e. The molecule has 1 heterocycles. The molecule has 0 aliphatic rings. The van der Waals surface area contributed by atoms with E-state index >= 15 is 0 Å². The van der Waals surface area contributed by atoms with Crippen LogP contribution in [0.3, 0.4) is 0 Å². The van der Waals surface area contributed by atoms with Crippen LogP contribution in [0.25, 0.3) is 0 Å². The van der Waals surface area contributed by atoms with E-state index < -0.39 is 23.8 Å². The molecule has 1 amide bonds. The van der Waals surface area contributed by atoms with Crippen molar-refractivity contribution in [3.05, 3.63) is 99.5 Å². The third-order valence-electron chi connectivity index (χ3n) is 4.41. The summed E-state index contributed by atoms with van der Waals surface area (Å²) >= 11 is 12.3. The highest BCUT2D eigenvalue weighted by molar-refractivity contribution is 6.35. The lowest BCUT2D eigenvalue weighted by Crippen LogP contribution is -2.34. The summed E-state index contributed by atoms with van der Waals surface area (Å²) in [4.78, 5) is 16.4. The Kier molecular flexibility index (Phi) is 6.62. The number of nitrogens with one attached hydrogen (secondary N) is 1. The standard InChI is InChI=1S/C21H17Cl2FN2O2/c22-14-8-9-15(18(23)11-14)17(12-27)19(16-7-4-10-25-20(16)24)26-21(28)13-5-2-1-3-6-13/h1-11,17,19,27H,12H2,(H,26,28). The highest BCUT2D eigenvalue weighted by Crippen LogP contribution is 2.36. The average molecular weight is 419 g/mol. The Morgan fingerprint density at radius 1 is 1.07 bits per heavy atom. The summed E-state index contributed by atoms with van der Waals surface area (Å²) in [6, 6.07) is 15.6. The van der Waals surface area contributed by atoms with Crippen LogP contribution < -0.4 is 5.32 Å². The molecule has 4 nitrogen and oxygen atoms in total. The number of aliphatic hydroxyl groups excluding tert-OH is 1. The minimum absolute atomic E-state index is 0.150. The van der Waals surface area contributed by atoms with Crippen LogP contribution in [0.2, 0.25) is 10.0 Å². The topological polar surface area (TPSA) is 62.2 Å². The van der Waals surface area contributed by atoms with E-state index in [9.17, 15) is 14.3 Å². The lowest BCUT2D eigenvalue weighted by atomic mass is 9.87. The predicted octanol–water partition coefficient (Wildman–Crippen LogP) is 4.77. The van der Waals surface area contributed by atoms with E-state index in [1.165, 1.54) is 18.3 Å². The third kappa shape index (κ3) is 4.50. The SMILES string of the molecule is O=C(NC(c1cccnc1F)C(CO)c1ccc(Cl)cc1Cl)c1ccccc1. The van der Waals surface area contributed by atoms with E-state index in [1.807, 2.05) is 0 Å². The maximum atomic E-state index is 14.5. The quantitative estimate of drug-likeness (QED) is 0.566. The molecule has 0 aliphatic carbocycles. The van der Waals surface area contributed by atoms with Gasteiger partial charge in [-0.3, -0.25) is 4.79 Å². The molecule has 0 bridgehead atoms. The van der Waals surface area contributed by atoms with Gasteiger partial charge in [-0.25, -0.2) is 4.98 Å². The van der Waals surface area contributed by atoms with Crippen molar-refractivity contribution < 1.29 is 14.3 Å². The van der Waals surface area contributed by atoms with Gasteiger partial charge in [0, 0.05) is 33.3 Å². The van der Waals surface area contributed by atoms with E-state index in [2.05, 4.69) is 10.3 Å². The van der Waals surface area contributed by atoms with Gasteiger partial charge in [0.05, 0.1) is 12.6 Å². The Bertz CT molecular complexity index is 970. The van der Waals surface area contributed by atoms with E-state index in [0.29, 0.717) is 21.2 Å². The zero-order valence-electron chi connectivity index (χ0n) is 14.6. The molecule has 2 atom stereocenters. The molecule has 144 valence electrons. The Balaban J connectivity index is 2.04. The summed E-state index contributed by atoms with van der Waals surface area (Å²) in [5.74, 6) is -1.85. The number of hydrogen-bond donors (Lipinski definition) is 2. The van der Waals surface area contributed by atoms with E-state index in [1.54, 1.807) is 48.5 Å². The second-order valence-corrected chi connectivity index (χ2v) is 7.00. The van der Waals surface area contributed by atoms with Gasteiger partial charge < -0.3 is 10.4 Å². The van der Waals surface area contributed by atoms with Crippen molar-refractivity contribution in [2.45, 2.75) is 12.0 Å². The van der Waals surface area contributed by atoms with Crippen LogP contribution in [-0.2, 0) is 0 Å². The first-order valence-electron chi connectivity index (χ1n) is 8.53. The summed E-state index contributed by atoms with van der Waals surface area (Å²) in [5.41, 5.74) is 1.10. The molecule has 2 aromatic carbocycles. The molecule has 0 aliphatic heterocycles. The molecule has 0 spiro atoms. The fraction of sp³-hybridized carbons (Fsp3) is 0.143. The molecule has 3 rings (SSSR count). The van der Waals surface area contributed by atoms with Gasteiger partial charge in [0.25, 0.3) is 5.91 Å². The molecule has 7 heteroatoms. The molecular formula is C21H17Cl2FN2O2. The van der Waals surface area contributed by atoms with Crippen LogP contribution in [0.1, 0.15) is 33.4 Å². The Morgan fingerprint density at radius 2 is 1.82 bits per heavy atom. The molecule has 3 aromatic rings. The number of aromatic nitrogens is 1. The number of rotatable bonds is 6. The predicted molar refractivity (Wildman–Crippen MR) is 107 cm³/mol. The van der Waals surface area contributed by atoms with Gasteiger partial charge in [0.2, 0.25) is 5.95 Å². The number of nitrogens with zero attached hydrogens (tertiary/aromatic N) is 1. The van der Waals surface area contributed by atoms with Crippen molar-refractivity contribution in [1.29, 1.82) is 0 Å². The first kappa shape index (κ1) is 20.3. The van der Waals surface area contributed by atoms with Crippen molar-refractivity contribution in [1.82, 2.24) is 10.3 Å². The van der Waals surface area contributed by atoms with Gasteiger partial charge in [0.1, 0.15) is 0 Å². The van der Waals surface area contributed by atoms with Gasteiger partial charge in [-0.15, -0.1) is 0 Å². The Labute approximate surface area is 172 Å². The van der Waals surface area contributed by atoms with Crippen molar-refractivity contribution >= 4 is 29.1 Å². The second kappa shape index (κ2) is 9.15. The summed E-state index contributed by atoms with van der Waals surface area (Å²) in [6.07, 6.45) is 1.32. The van der Waals surface area contributed by atoms with Gasteiger partial charge >= 0.3 is 0 Å². The largest absolute Gasteiger partial charge is 0.396 e. The number of halogens is 3. The van der Waals surface area contributed by atoms with Gasteiger partial charge in [0.15, 0.2) is 0 Å². The molecule has 28 heavy (non-hydrogen) atoms. The van der Waals surface area contributed by atoms with Crippen LogP contribution in [-0.4, -0.2) is 22.6 Å². The number of carbonyl (C=O) groups is 1. The minimum Gasteiger partial charge on any atom is -0.396 e. The van der Waals surface area contributed by atoms with Crippen LogP contribution in [0.4, 0.5) is 4.39 Å². The second-order valence-electron chi connectivity index (χ2n) is 6.16. The van der Waals surface area contributed by atoms with E-state index in [-0.39, 0.29) is 12.2 Å².